The van der Waals surface area contributed by atoms with Gasteiger partial charge in [-0.3, -0.25) is 9.59 Å². The lowest BCUT2D eigenvalue weighted by Gasteiger charge is -2.32. The zero-order valence-corrected chi connectivity index (χ0v) is 16.6. The first-order valence-electron chi connectivity index (χ1n) is 8.22. The van der Waals surface area contributed by atoms with E-state index in [0.29, 0.717) is 21.5 Å². The van der Waals surface area contributed by atoms with E-state index in [-0.39, 0.29) is 11.8 Å². The van der Waals surface area contributed by atoms with Gasteiger partial charge >= 0.3 is 11.9 Å². The van der Waals surface area contributed by atoms with E-state index >= 15 is 0 Å². The van der Waals surface area contributed by atoms with E-state index in [4.69, 9.17) is 9.47 Å². The summed E-state index contributed by atoms with van der Waals surface area (Å²) in [6, 6.07) is 3.47. The Hall–Kier alpha value is -1.88. The van der Waals surface area contributed by atoms with E-state index in [9.17, 15) is 9.59 Å². The van der Waals surface area contributed by atoms with Crippen molar-refractivity contribution >= 4 is 27.9 Å². The van der Waals surface area contributed by atoms with E-state index in [1.54, 1.807) is 12.1 Å². The third-order valence-electron chi connectivity index (χ3n) is 4.29. The molecule has 0 bridgehead atoms. The minimum Gasteiger partial charge on any atom is -0.426 e. The van der Waals surface area contributed by atoms with Crippen LogP contribution in [0, 0.1) is 5.92 Å². The maximum Gasteiger partial charge on any atom is 0.308 e. The first kappa shape index (κ1) is 19.4. The number of hydrogen-bond acceptors (Lipinski definition) is 4. The van der Waals surface area contributed by atoms with Crippen LogP contribution >= 0.6 is 15.9 Å². The molecule has 1 aliphatic carbocycles. The second-order valence-electron chi connectivity index (χ2n) is 6.53. The average molecular weight is 407 g/mol. The van der Waals surface area contributed by atoms with E-state index in [2.05, 4.69) is 35.5 Å². The summed E-state index contributed by atoms with van der Waals surface area (Å²) in [6.45, 7) is 10.9. The van der Waals surface area contributed by atoms with E-state index < -0.39 is 11.9 Å². The van der Waals surface area contributed by atoms with Gasteiger partial charge in [-0.15, -0.1) is 0 Å². The Labute approximate surface area is 157 Å². The van der Waals surface area contributed by atoms with Gasteiger partial charge in [0.1, 0.15) is 11.5 Å². The van der Waals surface area contributed by atoms with Crippen LogP contribution < -0.4 is 9.47 Å². The Morgan fingerprint density at radius 1 is 1.12 bits per heavy atom. The SMILES string of the molecule is C=C(C)C1CCC(C)=CC1c1c(OC(C)=O)cc(Br)cc1OC(C)=O. The minimum absolute atomic E-state index is 0.0666. The van der Waals surface area contributed by atoms with Crippen molar-refractivity contribution < 1.29 is 19.1 Å². The zero-order valence-electron chi connectivity index (χ0n) is 15.0. The third-order valence-corrected chi connectivity index (χ3v) is 4.75. The maximum absolute atomic E-state index is 11.6. The van der Waals surface area contributed by atoms with Gasteiger partial charge in [0.2, 0.25) is 0 Å². The standard InChI is InChI=1S/C20H23BrO4/c1-11(2)16-7-6-12(3)8-17(16)20-18(24-13(4)22)9-15(21)10-19(20)25-14(5)23/h8-10,16-17H,1,6-7H2,2-5H3. The van der Waals surface area contributed by atoms with Crippen LogP contribution in [0.25, 0.3) is 0 Å². The fourth-order valence-electron chi connectivity index (χ4n) is 3.28. The lowest BCUT2D eigenvalue weighted by molar-refractivity contribution is -0.132. The normalized spacial score (nSPS) is 19.8. The molecule has 0 radical (unpaired) electrons. The molecular formula is C20H23BrO4. The Morgan fingerprint density at radius 2 is 1.64 bits per heavy atom. The van der Waals surface area contributed by atoms with E-state index in [0.717, 1.165) is 18.4 Å². The summed E-state index contributed by atoms with van der Waals surface area (Å²) in [5.41, 5.74) is 3.02. The summed E-state index contributed by atoms with van der Waals surface area (Å²) < 4.78 is 11.6. The van der Waals surface area contributed by atoms with Gasteiger partial charge < -0.3 is 9.47 Å². The van der Waals surface area contributed by atoms with Crippen molar-refractivity contribution in [3.63, 3.8) is 0 Å². The molecule has 0 heterocycles. The van der Waals surface area contributed by atoms with Crippen molar-refractivity contribution in [3.8, 4) is 11.5 Å². The molecule has 1 aromatic rings. The van der Waals surface area contributed by atoms with Crippen molar-refractivity contribution in [1.82, 2.24) is 0 Å². The summed E-state index contributed by atoms with van der Waals surface area (Å²) in [5, 5.41) is 0. The predicted octanol–water partition coefficient (Wildman–Crippen LogP) is 5.32. The van der Waals surface area contributed by atoms with Gasteiger partial charge in [0.05, 0.1) is 0 Å². The summed E-state index contributed by atoms with van der Waals surface area (Å²) in [7, 11) is 0. The molecule has 1 aliphatic rings. The van der Waals surface area contributed by atoms with Crippen LogP contribution in [0.3, 0.4) is 0 Å². The van der Waals surface area contributed by atoms with Crippen molar-refractivity contribution in [2.45, 2.75) is 46.5 Å². The highest BCUT2D eigenvalue weighted by atomic mass is 79.9. The van der Waals surface area contributed by atoms with Gasteiger partial charge in [0.15, 0.2) is 0 Å². The summed E-state index contributed by atoms with van der Waals surface area (Å²) in [5.74, 6) is 0.0882. The lowest BCUT2D eigenvalue weighted by atomic mass is 9.74. The summed E-state index contributed by atoms with van der Waals surface area (Å²) in [6.07, 6.45) is 4.11. The molecule has 0 aromatic heterocycles. The molecule has 0 saturated heterocycles. The topological polar surface area (TPSA) is 52.6 Å². The highest BCUT2D eigenvalue weighted by Crippen LogP contribution is 2.47. The molecule has 2 unspecified atom stereocenters. The quantitative estimate of drug-likeness (QED) is 0.385. The summed E-state index contributed by atoms with van der Waals surface area (Å²) >= 11 is 3.39. The molecule has 2 atom stereocenters. The molecular weight excluding hydrogens is 384 g/mol. The molecule has 0 fully saturated rings. The van der Waals surface area contributed by atoms with Crippen LogP contribution in [-0.4, -0.2) is 11.9 Å². The van der Waals surface area contributed by atoms with Gasteiger partial charge in [-0.05, 0) is 44.7 Å². The van der Waals surface area contributed by atoms with Crippen LogP contribution in [-0.2, 0) is 9.59 Å². The van der Waals surface area contributed by atoms with Gasteiger partial charge in [-0.1, -0.05) is 39.7 Å². The number of ether oxygens (including phenoxy) is 2. The molecule has 0 N–H and O–H groups in total. The molecule has 0 aliphatic heterocycles. The summed E-state index contributed by atoms with van der Waals surface area (Å²) in [4.78, 5) is 23.2. The largest absolute Gasteiger partial charge is 0.426 e. The van der Waals surface area contributed by atoms with Crippen LogP contribution in [0.4, 0.5) is 0 Å². The van der Waals surface area contributed by atoms with Crippen LogP contribution in [0.1, 0.15) is 52.0 Å². The van der Waals surface area contributed by atoms with E-state index in [1.807, 2.05) is 6.92 Å². The molecule has 25 heavy (non-hydrogen) atoms. The number of carbonyl (C=O) groups excluding carboxylic acids is 2. The number of rotatable bonds is 4. The van der Waals surface area contributed by atoms with Crippen molar-refractivity contribution in [3.05, 3.63) is 46.0 Å². The fraction of sp³-hybridized carbons (Fsp3) is 0.400. The molecule has 2 rings (SSSR count). The average Bonchev–Trinajstić information content (AvgIpc) is 2.44. The molecule has 4 nitrogen and oxygen atoms in total. The number of esters is 2. The Balaban J connectivity index is 2.69. The van der Waals surface area contributed by atoms with Gasteiger partial charge in [-0.2, -0.15) is 0 Å². The highest BCUT2D eigenvalue weighted by Gasteiger charge is 2.32. The van der Waals surface area contributed by atoms with Crippen molar-refractivity contribution in [2.75, 3.05) is 0 Å². The van der Waals surface area contributed by atoms with Crippen LogP contribution in [0.2, 0.25) is 0 Å². The molecule has 0 saturated carbocycles. The molecule has 134 valence electrons. The third kappa shape index (κ3) is 4.82. The van der Waals surface area contributed by atoms with Crippen molar-refractivity contribution in [2.24, 2.45) is 5.92 Å². The fourth-order valence-corrected chi connectivity index (χ4v) is 3.70. The number of hydrogen-bond donors (Lipinski definition) is 0. The Kier molecular flexibility index (Phi) is 6.22. The first-order chi connectivity index (χ1) is 11.7. The number of allylic oxidation sites excluding steroid dienone is 3. The second-order valence-corrected chi connectivity index (χ2v) is 7.45. The van der Waals surface area contributed by atoms with Gasteiger partial charge in [-0.25, -0.2) is 0 Å². The van der Waals surface area contributed by atoms with Gasteiger partial charge in [0.25, 0.3) is 0 Å². The predicted molar refractivity (Wildman–Crippen MR) is 101 cm³/mol. The molecule has 5 heteroatoms. The van der Waals surface area contributed by atoms with E-state index in [1.165, 1.54) is 19.4 Å². The zero-order chi connectivity index (χ0) is 18.7. The Bertz CT molecular complexity index is 711. The number of halogens is 1. The monoisotopic (exact) mass is 406 g/mol. The smallest absolute Gasteiger partial charge is 0.308 e. The molecule has 0 spiro atoms. The number of carbonyl (C=O) groups is 2. The Morgan fingerprint density at radius 3 is 2.08 bits per heavy atom. The second kappa shape index (κ2) is 8.00. The number of benzene rings is 1. The van der Waals surface area contributed by atoms with Crippen molar-refractivity contribution in [1.29, 1.82) is 0 Å². The maximum atomic E-state index is 11.6. The first-order valence-corrected chi connectivity index (χ1v) is 9.01. The van der Waals surface area contributed by atoms with Gasteiger partial charge in [0, 0.05) is 29.8 Å². The van der Waals surface area contributed by atoms with Crippen LogP contribution in [0.5, 0.6) is 11.5 Å². The molecule has 1 aromatic carbocycles. The van der Waals surface area contributed by atoms with Crippen LogP contribution in [0.15, 0.2) is 40.4 Å². The highest BCUT2D eigenvalue weighted by molar-refractivity contribution is 9.10. The molecule has 0 amide bonds. The minimum atomic E-state index is -0.420. The lowest BCUT2D eigenvalue weighted by Crippen LogP contribution is -2.20.